The van der Waals surface area contributed by atoms with E-state index in [0.29, 0.717) is 11.7 Å². The number of hydrogen-bond acceptors (Lipinski definition) is 2. The highest BCUT2D eigenvalue weighted by Gasteiger charge is 2.10. The van der Waals surface area contributed by atoms with Gasteiger partial charge in [-0.25, -0.2) is 0 Å². The highest BCUT2D eigenvalue weighted by Crippen LogP contribution is 2.16. The Kier molecular flexibility index (Phi) is 5.76. The third-order valence-corrected chi connectivity index (χ3v) is 4.30. The molecule has 0 aliphatic heterocycles. The third-order valence-electron chi connectivity index (χ3n) is 3.03. The normalized spacial score (nSPS) is 12.5. The molecule has 0 N–H and O–H groups in total. The van der Waals surface area contributed by atoms with Gasteiger partial charge in [-0.2, -0.15) is 11.8 Å². The van der Waals surface area contributed by atoms with Gasteiger partial charge in [0.2, 0.25) is 0 Å². The molecule has 94 valence electrons. The zero-order valence-corrected chi connectivity index (χ0v) is 12.1. The smallest absolute Gasteiger partial charge is 0.172 e. The molecule has 0 amide bonds. The summed E-state index contributed by atoms with van der Waals surface area (Å²) in [7, 11) is 0. The van der Waals surface area contributed by atoms with Gasteiger partial charge in [-0.05, 0) is 37.1 Å². The van der Waals surface area contributed by atoms with Crippen LogP contribution in [0.1, 0.15) is 41.8 Å². The molecular formula is C15H22OS. The first kappa shape index (κ1) is 14.3. The van der Waals surface area contributed by atoms with Gasteiger partial charge in [-0.3, -0.25) is 4.79 Å². The molecule has 2 heteroatoms. The molecule has 1 rings (SSSR count). The molecule has 1 unspecified atom stereocenters. The largest absolute Gasteiger partial charge is 0.293 e. The van der Waals surface area contributed by atoms with Crippen LogP contribution in [0.25, 0.3) is 0 Å². The Hall–Kier alpha value is -0.760. The Balaban J connectivity index is 2.55. The van der Waals surface area contributed by atoms with Crippen molar-refractivity contribution in [2.75, 3.05) is 11.5 Å². The first-order valence-electron chi connectivity index (χ1n) is 6.22. The molecule has 0 fully saturated rings. The van der Waals surface area contributed by atoms with E-state index in [4.69, 9.17) is 0 Å². The number of benzene rings is 1. The Morgan fingerprint density at radius 2 is 2.06 bits per heavy atom. The summed E-state index contributed by atoms with van der Waals surface area (Å²) in [5.41, 5.74) is 3.14. The van der Waals surface area contributed by atoms with E-state index in [1.165, 1.54) is 6.42 Å². The van der Waals surface area contributed by atoms with Gasteiger partial charge < -0.3 is 0 Å². The van der Waals surface area contributed by atoms with E-state index in [1.54, 1.807) is 11.8 Å². The van der Waals surface area contributed by atoms with Crippen LogP contribution in [0, 0.1) is 19.8 Å². The van der Waals surface area contributed by atoms with Gasteiger partial charge in [-0.1, -0.05) is 38.0 Å². The van der Waals surface area contributed by atoms with Gasteiger partial charge in [0.15, 0.2) is 5.78 Å². The lowest BCUT2D eigenvalue weighted by atomic mass is 10.0. The van der Waals surface area contributed by atoms with Crippen molar-refractivity contribution in [3.05, 3.63) is 34.9 Å². The molecule has 0 bridgehead atoms. The Morgan fingerprint density at radius 3 is 2.71 bits per heavy atom. The van der Waals surface area contributed by atoms with Crippen molar-refractivity contribution in [3.63, 3.8) is 0 Å². The number of rotatable bonds is 6. The zero-order chi connectivity index (χ0) is 12.8. The van der Waals surface area contributed by atoms with Crippen LogP contribution in [-0.4, -0.2) is 17.3 Å². The van der Waals surface area contributed by atoms with Crippen molar-refractivity contribution in [2.24, 2.45) is 5.92 Å². The van der Waals surface area contributed by atoms with Crippen LogP contribution in [0.5, 0.6) is 0 Å². The summed E-state index contributed by atoms with van der Waals surface area (Å²) in [5, 5.41) is 0. The second-order valence-electron chi connectivity index (χ2n) is 4.77. The van der Waals surface area contributed by atoms with Gasteiger partial charge in [0.25, 0.3) is 0 Å². The number of carbonyl (C=O) groups is 1. The average molecular weight is 250 g/mol. The van der Waals surface area contributed by atoms with Crippen LogP contribution in [0.4, 0.5) is 0 Å². The predicted molar refractivity (Wildman–Crippen MR) is 77.0 cm³/mol. The lowest BCUT2D eigenvalue weighted by molar-refractivity contribution is 0.102. The minimum atomic E-state index is 0.263. The summed E-state index contributed by atoms with van der Waals surface area (Å²) in [6.45, 7) is 8.46. The lowest BCUT2D eigenvalue weighted by Crippen LogP contribution is -2.07. The summed E-state index contributed by atoms with van der Waals surface area (Å²) >= 11 is 1.75. The number of aryl methyl sites for hydroxylation is 2. The molecular weight excluding hydrogens is 228 g/mol. The van der Waals surface area contributed by atoms with E-state index >= 15 is 0 Å². The maximum atomic E-state index is 12.1. The van der Waals surface area contributed by atoms with Crippen molar-refractivity contribution >= 4 is 17.5 Å². The third kappa shape index (κ3) is 4.55. The molecule has 1 nitrogen and oxygen atoms in total. The maximum Gasteiger partial charge on any atom is 0.172 e. The number of hydrogen-bond donors (Lipinski definition) is 0. The van der Waals surface area contributed by atoms with Crippen LogP contribution in [0.15, 0.2) is 18.2 Å². The SMILES string of the molecule is CCC(C)CSCC(=O)c1cc(C)ccc1C. The standard InChI is InChI=1S/C15H22OS/c1-5-11(2)9-17-10-15(16)14-8-12(3)6-7-13(14)4/h6-8,11H,5,9-10H2,1-4H3. The molecule has 0 radical (unpaired) electrons. The highest BCUT2D eigenvalue weighted by molar-refractivity contribution is 7.99. The molecule has 0 aromatic heterocycles. The fourth-order valence-corrected chi connectivity index (χ4v) is 2.68. The summed E-state index contributed by atoms with van der Waals surface area (Å²) in [6.07, 6.45) is 1.19. The molecule has 0 aliphatic carbocycles. The summed E-state index contributed by atoms with van der Waals surface area (Å²) < 4.78 is 0. The van der Waals surface area contributed by atoms with Crippen LogP contribution in [0.3, 0.4) is 0 Å². The van der Waals surface area contributed by atoms with Gasteiger partial charge in [0.05, 0.1) is 5.75 Å². The highest BCUT2D eigenvalue weighted by atomic mass is 32.2. The topological polar surface area (TPSA) is 17.1 Å². The molecule has 0 heterocycles. The van der Waals surface area contributed by atoms with Crippen molar-refractivity contribution in [1.82, 2.24) is 0 Å². The minimum absolute atomic E-state index is 0.263. The van der Waals surface area contributed by atoms with E-state index < -0.39 is 0 Å². The van der Waals surface area contributed by atoms with E-state index in [1.807, 2.05) is 26.0 Å². The van der Waals surface area contributed by atoms with Crippen molar-refractivity contribution in [3.8, 4) is 0 Å². The Morgan fingerprint density at radius 1 is 1.35 bits per heavy atom. The monoisotopic (exact) mass is 250 g/mol. The maximum absolute atomic E-state index is 12.1. The van der Waals surface area contributed by atoms with Gasteiger partial charge in [0, 0.05) is 5.56 Å². The molecule has 1 aromatic carbocycles. The molecule has 1 atom stereocenters. The van der Waals surface area contributed by atoms with Gasteiger partial charge >= 0.3 is 0 Å². The molecule has 0 saturated carbocycles. The number of ketones is 1. The van der Waals surface area contributed by atoms with Gasteiger partial charge in [0.1, 0.15) is 0 Å². The fourth-order valence-electron chi connectivity index (χ4n) is 1.58. The molecule has 1 aromatic rings. The van der Waals surface area contributed by atoms with E-state index in [2.05, 4.69) is 19.9 Å². The van der Waals surface area contributed by atoms with Crippen LogP contribution in [-0.2, 0) is 0 Å². The second-order valence-corrected chi connectivity index (χ2v) is 5.80. The number of thioether (sulfide) groups is 1. The first-order valence-corrected chi connectivity index (χ1v) is 7.38. The van der Waals surface area contributed by atoms with Gasteiger partial charge in [-0.15, -0.1) is 0 Å². The summed E-state index contributed by atoms with van der Waals surface area (Å²) in [5.74, 6) is 2.65. The van der Waals surface area contributed by atoms with E-state index in [-0.39, 0.29) is 5.78 Å². The van der Waals surface area contributed by atoms with Crippen molar-refractivity contribution in [2.45, 2.75) is 34.1 Å². The average Bonchev–Trinajstić information content (AvgIpc) is 2.31. The van der Waals surface area contributed by atoms with Crippen molar-refractivity contribution < 1.29 is 4.79 Å². The molecule has 0 aliphatic rings. The lowest BCUT2D eigenvalue weighted by Gasteiger charge is -2.09. The molecule has 0 spiro atoms. The second kappa shape index (κ2) is 6.85. The van der Waals surface area contributed by atoms with E-state index in [0.717, 1.165) is 22.4 Å². The van der Waals surface area contributed by atoms with Crippen LogP contribution >= 0.6 is 11.8 Å². The van der Waals surface area contributed by atoms with E-state index in [9.17, 15) is 4.79 Å². The predicted octanol–water partition coefficient (Wildman–Crippen LogP) is 4.27. The fraction of sp³-hybridized carbons (Fsp3) is 0.533. The van der Waals surface area contributed by atoms with Crippen molar-refractivity contribution in [1.29, 1.82) is 0 Å². The minimum Gasteiger partial charge on any atom is -0.293 e. The quantitative estimate of drug-likeness (QED) is 0.701. The Bertz CT molecular complexity index is 385. The summed E-state index contributed by atoms with van der Waals surface area (Å²) in [4.78, 5) is 12.1. The Labute approximate surface area is 109 Å². The van der Waals surface area contributed by atoms with Crippen LogP contribution < -0.4 is 0 Å². The number of Topliss-reactive ketones (excluding diaryl/α,β-unsaturated/α-hetero) is 1. The molecule has 17 heavy (non-hydrogen) atoms. The number of carbonyl (C=O) groups excluding carboxylic acids is 1. The zero-order valence-electron chi connectivity index (χ0n) is 11.2. The first-order chi connectivity index (χ1) is 8.04. The molecule has 0 saturated heterocycles. The summed E-state index contributed by atoms with van der Waals surface area (Å²) in [6, 6.07) is 6.09. The van der Waals surface area contributed by atoms with Crippen LogP contribution in [0.2, 0.25) is 0 Å².